The fraction of sp³-hybridized carbons (Fsp3) is 0.364. The van der Waals surface area contributed by atoms with E-state index in [9.17, 15) is 9.59 Å². The van der Waals surface area contributed by atoms with E-state index >= 15 is 0 Å². The summed E-state index contributed by atoms with van der Waals surface area (Å²) in [6.07, 6.45) is 4.82. The monoisotopic (exact) mass is 367 g/mol. The van der Waals surface area contributed by atoms with Crippen LogP contribution in [0.1, 0.15) is 47.2 Å². The number of aryl methyl sites for hydroxylation is 2. The SMILES string of the molecule is COc1ccc(OC)c(NC(=O)CCC(=O)c2ccc3c(c2)CCCC3)c1. The Balaban J connectivity index is 1.60. The molecule has 0 aromatic heterocycles. The van der Waals surface area contributed by atoms with Crippen molar-refractivity contribution < 1.29 is 19.1 Å². The van der Waals surface area contributed by atoms with E-state index in [-0.39, 0.29) is 24.5 Å². The first-order valence-electron chi connectivity index (χ1n) is 9.27. The van der Waals surface area contributed by atoms with E-state index in [4.69, 9.17) is 9.47 Å². The number of anilines is 1. The van der Waals surface area contributed by atoms with Gasteiger partial charge in [0.05, 0.1) is 19.9 Å². The lowest BCUT2D eigenvalue weighted by molar-refractivity contribution is -0.116. The van der Waals surface area contributed by atoms with Crippen LogP contribution in [0.2, 0.25) is 0 Å². The molecule has 0 unspecified atom stereocenters. The molecule has 1 amide bonds. The minimum Gasteiger partial charge on any atom is -0.497 e. The first-order chi connectivity index (χ1) is 13.1. The van der Waals surface area contributed by atoms with E-state index < -0.39 is 0 Å². The Kier molecular flexibility index (Phi) is 6.12. The van der Waals surface area contributed by atoms with Crippen molar-refractivity contribution in [2.24, 2.45) is 0 Å². The standard InChI is InChI=1S/C22H25NO4/c1-26-18-9-11-21(27-2)19(14-18)23-22(25)12-10-20(24)17-8-7-15-5-3-4-6-16(15)13-17/h7-9,11,13-14H,3-6,10,12H2,1-2H3,(H,23,25). The molecule has 142 valence electrons. The molecule has 2 aromatic carbocycles. The zero-order valence-electron chi connectivity index (χ0n) is 15.8. The normalized spacial score (nSPS) is 12.8. The molecule has 0 spiro atoms. The van der Waals surface area contributed by atoms with Gasteiger partial charge in [-0.3, -0.25) is 9.59 Å². The maximum absolute atomic E-state index is 12.5. The fourth-order valence-electron chi connectivity index (χ4n) is 3.40. The highest BCUT2D eigenvalue weighted by Gasteiger charge is 2.15. The molecule has 5 heteroatoms. The van der Waals surface area contributed by atoms with Gasteiger partial charge in [-0.1, -0.05) is 12.1 Å². The average Bonchev–Trinajstić information content (AvgIpc) is 2.71. The zero-order valence-corrected chi connectivity index (χ0v) is 15.8. The van der Waals surface area contributed by atoms with Crippen LogP contribution in [0.25, 0.3) is 0 Å². The van der Waals surface area contributed by atoms with Crippen LogP contribution in [0.15, 0.2) is 36.4 Å². The molecular formula is C22H25NO4. The molecule has 0 aliphatic heterocycles. The van der Waals surface area contributed by atoms with Crippen molar-refractivity contribution in [2.45, 2.75) is 38.5 Å². The van der Waals surface area contributed by atoms with Crippen LogP contribution in [0.3, 0.4) is 0 Å². The second-order valence-corrected chi connectivity index (χ2v) is 6.73. The van der Waals surface area contributed by atoms with E-state index in [1.54, 1.807) is 25.3 Å². The zero-order chi connectivity index (χ0) is 19.2. The summed E-state index contributed by atoms with van der Waals surface area (Å²) < 4.78 is 10.4. The summed E-state index contributed by atoms with van der Waals surface area (Å²) in [4.78, 5) is 24.8. The predicted octanol–water partition coefficient (Wildman–Crippen LogP) is 4.18. The largest absolute Gasteiger partial charge is 0.497 e. The van der Waals surface area contributed by atoms with Gasteiger partial charge in [-0.25, -0.2) is 0 Å². The van der Waals surface area contributed by atoms with Crippen molar-refractivity contribution in [3.05, 3.63) is 53.1 Å². The number of ketones is 1. The molecule has 0 radical (unpaired) electrons. The number of fused-ring (bicyclic) bond motifs is 1. The summed E-state index contributed by atoms with van der Waals surface area (Å²) in [5, 5.41) is 2.80. The summed E-state index contributed by atoms with van der Waals surface area (Å²) in [6.45, 7) is 0. The highest BCUT2D eigenvalue weighted by atomic mass is 16.5. The van der Waals surface area contributed by atoms with Gasteiger partial charge in [-0.2, -0.15) is 0 Å². The minimum atomic E-state index is -0.229. The summed E-state index contributed by atoms with van der Waals surface area (Å²) in [5.41, 5.74) is 3.85. The second kappa shape index (κ2) is 8.71. The summed E-state index contributed by atoms with van der Waals surface area (Å²) in [6, 6.07) is 11.1. The van der Waals surface area contributed by atoms with Crippen LogP contribution in [0.5, 0.6) is 11.5 Å². The summed E-state index contributed by atoms with van der Waals surface area (Å²) >= 11 is 0. The summed E-state index contributed by atoms with van der Waals surface area (Å²) in [5.74, 6) is 0.936. The maximum atomic E-state index is 12.5. The lowest BCUT2D eigenvalue weighted by atomic mass is 9.89. The number of amides is 1. The molecule has 3 rings (SSSR count). The Hall–Kier alpha value is -2.82. The molecular weight excluding hydrogens is 342 g/mol. The van der Waals surface area contributed by atoms with Crippen molar-refractivity contribution in [2.75, 3.05) is 19.5 Å². The smallest absolute Gasteiger partial charge is 0.224 e. The fourth-order valence-corrected chi connectivity index (χ4v) is 3.40. The van der Waals surface area contributed by atoms with Crippen molar-refractivity contribution >= 4 is 17.4 Å². The number of methoxy groups -OCH3 is 2. The second-order valence-electron chi connectivity index (χ2n) is 6.73. The van der Waals surface area contributed by atoms with Gasteiger partial charge in [0, 0.05) is 24.5 Å². The Morgan fingerprint density at radius 1 is 0.926 bits per heavy atom. The third-order valence-electron chi connectivity index (χ3n) is 4.93. The lowest BCUT2D eigenvalue weighted by Gasteiger charge is -2.16. The van der Waals surface area contributed by atoms with Crippen LogP contribution >= 0.6 is 0 Å². The van der Waals surface area contributed by atoms with Crippen molar-refractivity contribution in [3.8, 4) is 11.5 Å². The van der Waals surface area contributed by atoms with Crippen molar-refractivity contribution in [1.82, 2.24) is 0 Å². The molecule has 1 aliphatic rings. The van der Waals surface area contributed by atoms with Gasteiger partial charge in [-0.05, 0) is 55.0 Å². The number of carbonyl (C=O) groups is 2. The number of ether oxygens (including phenoxy) is 2. The van der Waals surface area contributed by atoms with E-state index in [1.807, 2.05) is 12.1 Å². The average molecular weight is 367 g/mol. The number of carbonyl (C=O) groups excluding carboxylic acids is 2. The molecule has 0 fully saturated rings. The Bertz CT molecular complexity index is 844. The van der Waals surface area contributed by atoms with Gasteiger partial charge in [-0.15, -0.1) is 0 Å². The predicted molar refractivity (Wildman–Crippen MR) is 105 cm³/mol. The van der Waals surface area contributed by atoms with E-state index in [1.165, 1.54) is 31.1 Å². The number of Topliss-reactive ketones (excluding diaryl/α,β-unsaturated/α-hetero) is 1. The van der Waals surface area contributed by atoms with Crippen LogP contribution in [0, 0.1) is 0 Å². The molecule has 1 N–H and O–H groups in total. The Labute approximate surface area is 159 Å². The van der Waals surface area contributed by atoms with Crippen LogP contribution in [0.4, 0.5) is 5.69 Å². The summed E-state index contributed by atoms with van der Waals surface area (Å²) in [7, 11) is 3.10. The lowest BCUT2D eigenvalue weighted by Crippen LogP contribution is -2.14. The van der Waals surface area contributed by atoms with Crippen LogP contribution < -0.4 is 14.8 Å². The van der Waals surface area contributed by atoms with Gasteiger partial charge >= 0.3 is 0 Å². The first kappa shape index (κ1) is 19.0. The van der Waals surface area contributed by atoms with Crippen molar-refractivity contribution in [1.29, 1.82) is 0 Å². The molecule has 0 bridgehead atoms. The van der Waals surface area contributed by atoms with E-state index in [2.05, 4.69) is 11.4 Å². The van der Waals surface area contributed by atoms with E-state index in [0.29, 0.717) is 22.7 Å². The van der Waals surface area contributed by atoms with Gasteiger partial charge < -0.3 is 14.8 Å². The molecule has 2 aromatic rings. The number of nitrogens with one attached hydrogen (secondary N) is 1. The molecule has 0 saturated heterocycles. The van der Waals surface area contributed by atoms with Crippen LogP contribution in [-0.4, -0.2) is 25.9 Å². The molecule has 27 heavy (non-hydrogen) atoms. The Morgan fingerprint density at radius 2 is 1.70 bits per heavy atom. The number of rotatable bonds is 7. The number of benzene rings is 2. The van der Waals surface area contributed by atoms with Gasteiger partial charge in [0.1, 0.15) is 11.5 Å². The number of hydrogen-bond acceptors (Lipinski definition) is 4. The molecule has 0 saturated carbocycles. The third-order valence-corrected chi connectivity index (χ3v) is 4.93. The molecule has 1 aliphatic carbocycles. The van der Waals surface area contributed by atoms with E-state index in [0.717, 1.165) is 12.8 Å². The third kappa shape index (κ3) is 4.67. The van der Waals surface area contributed by atoms with Crippen molar-refractivity contribution in [3.63, 3.8) is 0 Å². The quantitative estimate of drug-likeness (QED) is 0.746. The van der Waals surface area contributed by atoms with Crippen LogP contribution in [-0.2, 0) is 17.6 Å². The Morgan fingerprint density at radius 3 is 2.44 bits per heavy atom. The van der Waals surface area contributed by atoms with Gasteiger partial charge in [0.2, 0.25) is 5.91 Å². The highest BCUT2D eigenvalue weighted by Crippen LogP contribution is 2.29. The topological polar surface area (TPSA) is 64.6 Å². The highest BCUT2D eigenvalue weighted by molar-refractivity contribution is 6.00. The molecule has 0 heterocycles. The minimum absolute atomic E-state index is 0.00358. The van der Waals surface area contributed by atoms with Gasteiger partial charge in [0.25, 0.3) is 0 Å². The molecule has 0 atom stereocenters. The molecule has 5 nitrogen and oxygen atoms in total. The maximum Gasteiger partial charge on any atom is 0.224 e. The first-order valence-corrected chi connectivity index (χ1v) is 9.27. The number of hydrogen-bond donors (Lipinski definition) is 1. The van der Waals surface area contributed by atoms with Gasteiger partial charge in [0.15, 0.2) is 5.78 Å².